The van der Waals surface area contributed by atoms with Crippen molar-refractivity contribution in [1.82, 2.24) is 4.98 Å². The van der Waals surface area contributed by atoms with Crippen molar-refractivity contribution in [2.24, 2.45) is 0 Å². The summed E-state index contributed by atoms with van der Waals surface area (Å²) in [5, 5.41) is 8.44. The van der Waals surface area contributed by atoms with Gasteiger partial charge in [-0.2, -0.15) is 0 Å². The third kappa shape index (κ3) is 3.50. The molecule has 2 N–H and O–H groups in total. The summed E-state index contributed by atoms with van der Waals surface area (Å²) in [6.45, 7) is 1.99. The number of hydrogen-bond acceptors (Lipinski definition) is 4. The van der Waals surface area contributed by atoms with Gasteiger partial charge in [0.2, 0.25) is 11.8 Å². The first kappa shape index (κ1) is 16.5. The Bertz CT molecular complexity index is 1010. The second-order valence-corrected chi connectivity index (χ2v) is 7.26. The smallest absolute Gasteiger partial charge is 0.231 e. The summed E-state index contributed by atoms with van der Waals surface area (Å²) in [5.74, 6) is -0.0656. The van der Waals surface area contributed by atoms with E-state index in [2.05, 4.69) is 15.6 Å². The van der Waals surface area contributed by atoms with E-state index in [4.69, 9.17) is 0 Å². The number of fused-ring (bicyclic) bond motifs is 1. The zero-order valence-corrected chi connectivity index (χ0v) is 15.0. The summed E-state index contributed by atoms with van der Waals surface area (Å²) in [6.07, 6.45) is 0.642. The molecule has 0 saturated carbocycles. The number of anilines is 2. The molecule has 1 aliphatic rings. The molecule has 0 unspecified atom stereocenters. The Kier molecular flexibility index (Phi) is 4.26. The number of rotatable bonds is 4. The molecule has 0 saturated heterocycles. The number of aromatic nitrogens is 1. The molecule has 5 nitrogen and oxygen atoms in total. The fraction of sp³-hybridized carbons (Fsp3) is 0.150. The van der Waals surface area contributed by atoms with Gasteiger partial charge in [-0.25, -0.2) is 4.98 Å². The Hall–Kier alpha value is -2.99. The van der Waals surface area contributed by atoms with Gasteiger partial charge in [0.15, 0.2) is 0 Å². The topological polar surface area (TPSA) is 71.1 Å². The molecule has 26 heavy (non-hydrogen) atoms. The predicted octanol–water partition coefficient (Wildman–Crippen LogP) is 3.79. The predicted molar refractivity (Wildman–Crippen MR) is 103 cm³/mol. The Balaban J connectivity index is 1.46. The number of nitrogens with one attached hydrogen (secondary N) is 2. The highest BCUT2D eigenvalue weighted by molar-refractivity contribution is 7.10. The summed E-state index contributed by atoms with van der Waals surface area (Å²) in [5.41, 5.74) is 5.54. The number of carbonyl (C=O) groups excluding carboxylic acids is 2. The lowest BCUT2D eigenvalue weighted by molar-refractivity contribution is -0.116. The van der Waals surface area contributed by atoms with Crippen molar-refractivity contribution < 1.29 is 9.59 Å². The number of thiazole rings is 1. The van der Waals surface area contributed by atoms with E-state index in [1.54, 1.807) is 0 Å². The van der Waals surface area contributed by atoms with Crippen molar-refractivity contribution in [1.29, 1.82) is 0 Å². The third-order valence-electron chi connectivity index (χ3n) is 4.19. The molecule has 4 rings (SSSR count). The van der Waals surface area contributed by atoms with Gasteiger partial charge in [0.05, 0.1) is 18.5 Å². The Morgan fingerprint density at radius 2 is 2.15 bits per heavy atom. The minimum Gasteiger partial charge on any atom is -0.326 e. The average Bonchev–Trinajstić information content (AvgIpc) is 3.19. The number of amides is 2. The largest absolute Gasteiger partial charge is 0.326 e. The summed E-state index contributed by atoms with van der Waals surface area (Å²) >= 11 is 1.47. The average molecular weight is 363 g/mol. The lowest BCUT2D eigenvalue weighted by Crippen LogP contribution is -2.14. The second-order valence-electron chi connectivity index (χ2n) is 6.32. The molecule has 0 bridgehead atoms. The van der Waals surface area contributed by atoms with Gasteiger partial charge in [-0.3, -0.25) is 9.59 Å². The molecule has 6 heteroatoms. The van der Waals surface area contributed by atoms with Gasteiger partial charge in [0.1, 0.15) is 5.01 Å². The van der Waals surface area contributed by atoms with E-state index >= 15 is 0 Å². The van der Waals surface area contributed by atoms with Crippen LogP contribution >= 0.6 is 11.3 Å². The lowest BCUT2D eigenvalue weighted by Gasteiger charge is -2.04. The normalized spacial score (nSPS) is 12.6. The van der Waals surface area contributed by atoms with E-state index in [0.717, 1.165) is 38.8 Å². The van der Waals surface area contributed by atoms with Crippen LogP contribution in [0.3, 0.4) is 0 Å². The standard InChI is InChI=1S/C20H17N3O2S/c1-12-3-2-4-15(7-12)21-19(25)10-20-23-17(11-26-20)13-5-6-16-14(8-13)9-18(24)22-16/h2-8,11H,9-10H2,1H3,(H,21,25)(H,22,24). The first-order valence-electron chi connectivity index (χ1n) is 8.31. The van der Waals surface area contributed by atoms with E-state index in [1.165, 1.54) is 11.3 Å². The SMILES string of the molecule is Cc1cccc(NC(=O)Cc2nc(-c3ccc4c(c3)CC(=O)N4)cs2)c1. The number of hydrogen-bond donors (Lipinski definition) is 2. The summed E-state index contributed by atoms with van der Waals surface area (Å²) in [6, 6.07) is 13.5. The molecule has 0 fully saturated rings. The fourth-order valence-corrected chi connectivity index (χ4v) is 3.78. The van der Waals surface area contributed by atoms with Crippen molar-refractivity contribution in [3.63, 3.8) is 0 Å². The van der Waals surface area contributed by atoms with Crippen molar-refractivity contribution in [2.45, 2.75) is 19.8 Å². The third-order valence-corrected chi connectivity index (χ3v) is 5.04. The van der Waals surface area contributed by atoms with E-state index < -0.39 is 0 Å². The van der Waals surface area contributed by atoms with Gasteiger partial charge in [-0.15, -0.1) is 11.3 Å². The number of carbonyl (C=O) groups is 2. The first-order chi connectivity index (χ1) is 12.6. The van der Waals surface area contributed by atoms with Crippen LogP contribution in [0, 0.1) is 6.92 Å². The van der Waals surface area contributed by atoms with Crippen molar-refractivity contribution >= 4 is 34.5 Å². The molecule has 0 radical (unpaired) electrons. The number of aryl methyl sites for hydroxylation is 1. The molecule has 2 amide bonds. The minimum absolute atomic E-state index is 0.0175. The lowest BCUT2D eigenvalue weighted by atomic mass is 10.1. The Morgan fingerprint density at radius 3 is 3.00 bits per heavy atom. The van der Waals surface area contributed by atoms with E-state index in [1.807, 2.05) is 54.8 Å². The van der Waals surface area contributed by atoms with Crippen LogP contribution in [0.15, 0.2) is 47.8 Å². The van der Waals surface area contributed by atoms with Crippen LogP contribution in [0.2, 0.25) is 0 Å². The molecule has 1 aliphatic heterocycles. The maximum atomic E-state index is 12.2. The van der Waals surface area contributed by atoms with Crippen molar-refractivity contribution in [3.8, 4) is 11.3 Å². The van der Waals surface area contributed by atoms with Crippen LogP contribution in [0.1, 0.15) is 16.1 Å². The van der Waals surface area contributed by atoms with Crippen LogP contribution in [0.5, 0.6) is 0 Å². The first-order valence-corrected chi connectivity index (χ1v) is 9.19. The zero-order valence-electron chi connectivity index (χ0n) is 14.2. The molecule has 2 aromatic carbocycles. The maximum absolute atomic E-state index is 12.2. The van der Waals surface area contributed by atoms with Crippen LogP contribution < -0.4 is 10.6 Å². The summed E-state index contributed by atoms with van der Waals surface area (Å²) < 4.78 is 0. The van der Waals surface area contributed by atoms with Crippen molar-refractivity contribution in [3.05, 3.63) is 64.0 Å². The van der Waals surface area contributed by atoms with Crippen LogP contribution in [0.4, 0.5) is 11.4 Å². The van der Waals surface area contributed by atoms with Gasteiger partial charge in [0.25, 0.3) is 0 Å². The molecule has 3 aromatic rings. The monoisotopic (exact) mass is 363 g/mol. The summed E-state index contributed by atoms with van der Waals surface area (Å²) in [7, 11) is 0. The van der Waals surface area contributed by atoms with Crippen molar-refractivity contribution in [2.75, 3.05) is 10.6 Å². The maximum Gasteiger partial charge on any atom is 0.231 e. The van der Waals surface area contributed by atoms with Gasteiger partial charge in [-0.05, 0) is 42.3 Å². The minimum atomic E-state index is -0.0831. The molecule has 0 atom stereocenters. The fourth-order valence-electron chi connectivity index (χ4n) is 2.98. The summed E-state index contributed by atoms with van der Waals surface area (Å²) in [4.78, 5) is 28.3. The molecule has 2 heterocycles. The Labute approximate surface area is 155 Å². The van der Waals surface area contributed by atoms with Gasteiger partial charge >= 0.3 is 0 Å². The molecule has 130 valence electrons. The molecule has 0 spiro atoms. The molecule has 1 aromatic heterocycles. The molecule has 0 aliphatic carbocycles. The van der Waals surface area contributed by atoms with Crippen LogP contribution in [-0.4, -0.2) is 16.8 Å². The number of benzene rings is 2. The number of nitrogens with zero attached hydrogens (tertiary/aromatic N) is 1. The van der Waals surface area contributed by atoms with E-state index in [0.29, 0.717) is 6.42 Å². The van der Waals surface area contributed by atoms with Gasteiger partial charge in [0, 0.05) is 22.3 Å². The van der Waals surface area contributed by atoms with Crippen LogP contribution in [-0.2, 0) is 22.4 Å². The van der Waals surface area contributed by atoms with E-state index in [-0.39, 0.29) is 18.2 Å². The highest BCUT2D eigenvalue weighted by atomic mass is 32.1. The van der Waals surface area contributed by atoms with E-state index in [9.17, 15) is 9.59 Å². The second kappa shape index (κ2) is 6.72. The zero-order chi connectivity index (χ0) is 18.1. The van der Waals surface area contributed by atoms with Gasteiger partial charge in [-0.1, -0.05) is 18.2 Å². The Morgan fingerprint density at radius 1 is 1.27 bits per heavy atom. The van der Waals surface area contributed by atoms with Gasteiger partial charge < -0.3 is 10.6 Å². The quantitative estimate of drug-likeness (QED) is 0.741. The molecular weight excluding hydrogens is 346 g/mol. The molecular formula is C20H17N3O2S. The van der Waals surface area contributed by atoms with Crippen LogP contribution in [0.25, 0.3) is 11.3 Å². The highest BCUT2D eigenvalue weighted by Gasteiger charge is 2.18. The highest BCUT2D eigenvalue weighted by Crippen LogP contribution is 2.29.